The lowest BCUT2D eigenvalue weighted by molar-refractivity contribution is -0.135. The van der Waals surface area contributed by atoms with E-state index >= 15 is 0 Å². The van der Waals surface area contributed by atoms with Crippen molar-refractivity contribution in [2.24, 2.45) is 0 Å². The molecule has 0 aromatic heterocycles. The molecule has 0 heterocycles. The third-order valence-electron chi connectivity index (χ3n) is 2.75. The van der Waals surface area contributed by atoms with E-state index < -0.39 is 53.4 Å². The minimum absolute atomic E-state index is 0.00529. The van der Waals surface area contributed by atoms with Crippen LogP contribution in [0.4, 0.5) is 17.6 Å². The standard InChI is InChI=1S/C14H15F4NO4/c1-7(6-20)19-10(21)3-2-4-11(22)23-14-12(17)8(15)5-9(16)13(14)18/h5,7,20H,2-4,6H2,1H3,(H,19,21). The average molecular weight is 337 g/mol. The molecule has 0 aliphatic rings. The molecule has 128 valence electrons. The fourth-order valence-electron chi connectivity index (χ4n) is 1.59. The highest BCUT2D eigenvalue weighted by Gasteiger charge is 2.23. The molecule has 0 aliphatic carbocycles. The smallest absolute Gasteiger partial charge is 0.311 e. The van der Waals surface area contributed by atoms with E-state index in [1.807, 2.05) is 0 Å². The summed E-state index contributed by atoms with van der Waals surface area (Å²) in [5, 5.41) is 11.2. The van der Waals surface area contributed by atoms with Crippen LogP contribution in [0.25, 0.3) is 0 Å². The van der Waals surface area contributed by atoms with Gasteiger partial charge in [0.2, 0.25) is 23.3 Å². The highest BCUT2D eigenvalue weighted by atomic mass is 19.2. The minimum atomic E-state index is -1.81. The van der Waals surface area contributed by atoms with Gasteiger partial charge in [0.1, 0.15) is 0 Å². The summed E-state index contributed by atoms with van der Waals surface area (Å²) in [6, 6.07) is -0.456. The molecule has 1 aromatic carbocycles. The van der Waals surface area contributed by atoms with Crippen LogP contribution in [0.3, 0.4) is 0 Å². The fourth-order valence-corrected chi connectivity index (χ4v) is 1.59. The van der Waals surface area contributed by atoms with Crippen LogP contribution in [0.5, 0.6) is 5.75 Å². The van der Waals surface area contributed by atoms with Crippen molar-refractivity contribution in [1.29, 1.82) is 0 Å². The van der Waals surface area contributed by atoms with Gasteiger partial charge in [0.15, 0.2) is 11.6 Å². The van der Waals surface area contributed by atoms with Crippen molar-refractivity contribution < 1.29 is 37.0 Å². The van der Waals surface area contributed by atoms with Gasteiger partial charge in [-0.05, 0) is 13.3 Å². The number of rotatable bonds is 7. The number of carbonyl (C=O) groups excluding carboxylic acids is 2. The van der Waals surface area contributed by atoms with Gasteiger partial charge in [0.05, 0.1) is 6.61 Å². The summed E-state index contributed by atoms with van der Waals surface area (Å²) in [5.41, 5.74) is 0. The lowest BCUT2D eigenvalue weighted by Gasteiger charge is -2.10. The molecule has 1 atom stereocenters. The zero-order valence-electron chi connectivity index (χ0n) is 12.2. The molecule has 1 unspecified atom stereocenters. The first-order chi connectivity index (χ1) is 10.8. The van der Waals surface area contributed by atoms with Crippen molar-refractivity contribution in [2.75, 3.05) is 6.61 Å². The summed E-state index contributed by atoms with van der Waals surface area (Å²) in [7, 11) is 0. The summed E-state index contributed by atoms with van der Waals surface area (Å²) in [6.45, 7) is 1.31. The maximum absolute atomic E-state index is 13.3. The summed E-state index contributed by atoms with van der Waals surface area (Å²) in [6.07, 6.45) is -0.496. The fraction of sp³-hybridized carbons (Fsp3) is 0.429. The molecular weight excluding hydrogens is 322 g/mol. The zero-order chi connectivity index (χ0) is 17.6. The Hall–Kier alpha value is -2.16. The number of esters is 1. The largest absolute Gasteiger partial charge is 0.420 e. The van der Waals surface area contributed by atoms with Crippen LogP contribution in [-0.4, -0.2) is 29.6 Å². The quantitative estimate of drug-likeness (QED) is 0.344. The molecule has 5 nitrogen and oxygen atoms in total. The van der Waals surface area contributed by atoms with Crippen LogP contribution in [0, 0.1) is 23.3 Å². The number of ether oxygens (including phenoxy) is 1. The molecule has 0 saturated heterocycles. The number of hydrogen-bond donors (Lipinski definition) is 2. The SMILES string of the molecule is CC(CO)NC(=O)CCCC(=O)Oc1c(F)c(F)cc(F)c1F. The number of benzene rings is 1. The first-order valence-corrected chi connectivity index (χ1v) is 6.70. The second-order valence-corrected chi connectivity index (χ2v) is 4.78. The third kappa shape index (κ3) is 5.51. The van der Waals surface area contributed by atoms with Crippen LogP contribution in [0.1, 0.15) is 26.2 Å². The van der Waals surface area contributed by atoms with E-state index in [2.05, 4.69) is 10.1 Å². The number of nitrogens with one attached hydrogen (secondary N) is 1. The van der Waals surface area contributed by atoms with Gasteiger partial charge >= 0.3 is 5.97 Å². The molecule has 0 radical (unpaired) electrons. The van der Waals surface area contributed by atoms with Crippen molar-refractivity contribution in [3.05, 3.63) is 29.3 Å². The lowest BCUT2D eigenvalue weighted by Crippen LogP contribution is -2.34. The monoisotopic (exact) mass is 337 g/mol. The van der Waals surface area contributed by atoms with Gasteiger partial charge < -0.3 is 15.2 Å². The second-order valence-electron chi connectivity index (χ2n) is 4.78. The van der Waals surface area contributed by atoms with Crippen LogP contribution >= 0.6 is 0 Å². The molecular formula is C14H15F4NO4. The summed E-state index contributed by atoms with van der Waals surface area (Å²) < 4.78 is 56.7. The molecule has 0 aliphatic heterocycles. The van der Waals surface area contributed by atoms with Gasteiger partial charge in [0.25, 0.3) is 0 Å². The van der Waals surface area contributed by atoms with Gasteiger partial charge in [-0.15, -0.1) is 0 Å². The van der Waals surface area contributed by atoms with Gasteiger partial charge in [0, 0.05) is 24.9 Å². The van der Waals surface area contributed by atoms with E-state index in [0.29, 0.717) is 0 Å². The van der Waals surface area contributed by atoms with Crippen LogP contribution in [0.2, 0.25) is 0 Å². The van der Waals surface area contributed by atoms with Gasteiger partial charge in [-0.25, -0.2) is 8.78 Å². The van der Waals surface area contributed by atoms with Crippen LogP contribution in [-0.2, 0) is 9.59 Å². The van der Waals surface area contributed by atoms with Gasteiger partial charge in [-0.3, -0.25) is 9.59 Å². The molecule has 9 heteroatoms. The van der Waals surface area contributed by atoms with Crippen LogP contribution in [0.15, 0.2) is 6.07 Å². The van der Waals surface area contributed by atoms with E-state index in [1.54, 1.807) is 6.92 Å². The van der Waals surface area contributed by atoms with E-state index in [4.69, 9.17) is 5.11 Å². The van der Waals surface area contributed by atoms with E-state index in [1.165, 1.54) is 0 Å². The Morgan fingerprint density at radius 2 is 1.74 bits per heavy atom. The molecule has 2 N–H and O–H groups in total. The molecule has 1 aromatic rings. The van der Waals surface area contributed by atoms with E-state index in [0.717, 1.165) is 0 Å². The Morgan fingerprint density at radius 3 is 2.26 bits per heavy atom. The molecule has 0 saturated carbocycles. The van der Waals surface area contributed by atoms with Crippen molar-refractivity contribution >= 4 is 11.9 Å². The summed E-state index contributed by atoms with van der Waals surface area (Å²) in [4.78, 5) is 22.8. The topological polar surface area (TPSA) is 75.6 Å². The Bertz CT molecular complexity index is 568. The number of aliphatic hydroxyl groups excluding tert-OH is 1. The van der Waals surface area contributed by atoms with Crippen molar-refractivity contribution in [3.63, 3.8) is 0 Å². The Kier molecular flexibility index (Phi) is 6.95. The number of halogens is 4. The first-order valence-electron chi connectivity index (χ1n) is 6.70. The Balaban J connectivity index is 2.54. The average Bonchev–Trinajstić information content (AvgIpc) is 2.49. The number of carbonyl (C=O) groups is 2. The normalized spacial score (nSPS) is 11.9. The van der Waals surface area contributed by atoms with Gasteiger partial charge in [-0.1, -0.05) is 0 Å². The second kappa shape index (κ2) is 8.47. The summed E-state index contributed by atoms with van der Waals surface area (Å²) >= 11 is 0. The lowest BCUT2D eigenvalue weighted by atomic mass is 10.2. The molecule has 23 heavy (non-hydrogen) atoms. The molecule has 0 bridgehead atoms. The number of amides is 1. The number of aliphatic hydroxyl groups is 1. The summed E-state index contributed by atoms with van der Waals surface area (Å²) in [5.74, 6) is -10.0. The highest BCUT2D eigenvalue weighted by molar-refractivity contribution is 5.77. The predicted molar refractivity (Wildman–Crippen MR) is 70.5 cm³/mol. The molecule has 1 amide bonds. The zero-order valence-corrected chi connectivity index (χ0v) is 12.2. The van der Waals surface area contributed by atoms with Crippen molar-refractivity contribution in [1.82, 2.24) is 5.32 Å². The maximum atomic E-state index is 13.3. The van der Waals surface area contributed by atoms with Crippen molar-refractivity contribution in [2.45, 2.75) is 32.2 Å². The first kappa shape index (κ1) is 18.9. The van der Waals surface area contributed by atoms with E-state index in [-0.39, 0.29) is 25.5 Å². The predicted octanol–water partition coefficient (Wildman–Crippen LogP) is 1.82. The third-order valence-corrected chi connectivity index (χ3v) is 2.75. The minimum Gasteiger partial charge on any atom is -0.420 e. The molecule has 0 spiro atoms. The molecule has 1 rings (SSSR count). The van der Waals surface area contributed by atoms with Gasteiger partial charge in [-0.2, -0.15) is 8.78 Å². The van der Waals surface area contributed by atoms with E-state index in [9.17, 15) is 27.2 Å². The maximum Gasteiger partial charge on any atom is 0.311 e. The Labute approximate surface area is 129 Å². The van der Waals surface area contributed by atoms with Crippen molar-refractivity contribution in [3.8, 4) is 5.75 Å². The number of hydrogen-bond acceptors (Lipinski definition) is 4. The Morgan fingerprint density at radius 1 is 1.17 bits per heavy atom. The highest BCUT2D eigenvalue weighted by Crippen LogP contribution is 2.26. The molecule has 0 fully saturated rings. The van der Waals surface area contributed by atoms with Crippen LogP contribution < -0.4 is 10.1 Å².